The molecule has 3 nitrogen and oxygen atoms in total. The molecule has 0 saturated heterocycles. The molecule has 0 unspecified atom stereocenters. The summed E-state index contributed by atoms with van der Waals surface area (Å²) in [6.45, 7) is 8.37. The molecule has 0 saturated carbocycles. The van der Waals surface area contributed by atoms with Crippen molar-refractivity contribution in [1.82, 2.24) is 0 Å². The van der Waals surface area contributed by atoms with E-state index in [0.717, 1.165) is 41.8 Å². The predicted octanol–water partition coefficient (Wildman–Crippen LogP) is 5.04. The first-order valence-corrected chi connectivity index (χ1v) is 10.2. The summed E-state index contributed by atoms with van der Waals surface area (Å²) in [5, 5.41) is 9.80. The van der Waals surface area contributed by atoms with E-state index < -0.39 is 5.97 Å². The Bertz CT molecular complexity index is 1120. The molecule has 0 fully saturated rings. The molecule has 2 aromatic rings. The Morgan fingerprint density at radius 1 is 1.03 bits per heavy atom. The second kappa shape index (κ2) is 7.67. The highest BCUT2D eigenvalue weighted by Gasteiger charge is 2.28. The Kier molecular flexibility index (Phi) is 5.06. The number of carboxylic acids is 1. The summed E-state index contributed by atoms with van der Waals surface area (Å²) in [6, 6.07) is 13.8. The van der Waals surface area contributed by atoms with Crippen LogP contribution in [0.1, 0.15) is 46.5 Å². The highest BCUT2D eigenvalue weighted by Crippen LogP contribution is 2.41. The zero-order valence-electron chi connectivity index (χ0n) is 17.2. The summed E-state index contributed by atoms with van der Waals surface area (Å²) in [4.78, 5) is 11.9. The van der Waals surface area contributed by atoms with E-state index in [4.69, 9.17) is 0 Å². The third-order valence-corrected chi connectivity index (χ3v) is 5.82. The van der Waals surface area contributed by atoms with Crippen molar-refractivity contribution in [3.05, 3.63) is 99.7 Å². The summed E-state index contributed by atoms with van der Waals surface area (Å²) in [5.41, 5.74) is 9.35. The van der Waals surface area contributed by atoms with Gasteiger partial charge in [0.2, 0.25) is 0 Å². The standard InChI is InChI=1S/C26H25NO2/c1-4-27(5-2)20-11-13-22-19(16-20)15-18-14-17(3)10-12-21(18)25(22)23-8-6-7-9-24(23)26(28)29/h6-14,16H,4-5,15H2,1-3H3/p+1. The smallest absolute Gasteiger partial charge is 0.336 e. The van der Waals surface area contributed by atoms with Crippen LogP contribution in [-0.2, 0) is 6.42 Å². The molecule has 0 atom stereocenters. The van der Waals surface area contributed by atoms with E-state index in [9.17, 15) is 9.90 Å². The van der Waals surface area contributed by atoms with E-state index in [1.807, 2.05) is 12.1 Å². The van der Waals surface area contributed by atoms with Crippen LogP contribution in [0.4, 0.5) is 0 Å². The lowest BCUT2D eigenvalue weighted by atomic mass is 9.76. The van der Waals surface area contributed by atoms with Crippen molar-refractivity contribution in [3.8, 4) is 0 Å². The Morgan fingerprint density at radius 2 is 1.79 bits per heavy atom. The van der Waals surface area contributed by atoms with Crippen molar-refractivity contribution in [2.45, 2.75) is 27.2 Å². The number of benzene rings is 2. The van der Waals surface area contributed by atoms with Crippen LogP contribution < -0.4 is 0 Å². The van der Waals surface area contributed by atoms with Crippen molar-refractivity contribution >= 4 is 17.3 Å². The van der Waals surface area contributed by atoms with E-state index in [1.54, 1.807) is 12.1 Å². The predicted molar refractivity (Wildman–Crippen MR) is 118 cm³/mol. The van der Waals surface area contributed by atoms with Crippen LogP contribution in [0.5, 0.6) is 0 Å². The van der Waals surface area contributed by atoms with Gasteiger partial charge < -0.3 is 5.11 Å². The summed E-state index contributed by atoms with van der Waals surface area (Å²) in [5.74, 6) is -0.895. The van der Waals surface area contributed by atoms with Gasteiger partial charge in [0.1, 0.15) is 13.1 Å². The molecule has 2 aliphatic rings. The minimum absolute atomic E-state index is 0.342. The molecule has 0 amide bonds. The number of allylic oxidation sites excluding steroid dienone is 5. The molecule has 1 N–H and O–H groups in total. The number of fused-ring (bicyclic) bond motifs is 2. The van der Waals surface area contributed by atoms with Crippen molar-refractivity contribution in [2.75, 3.05) is 13.1 Å². The van der Waals surface area contributed by atoms with Gasteiger partial charge >= 0.3 is 5.97 Å². The van der Waals surface area contributed by atoms with E-state index in [-0.39, 0.29) is 0 Å². The molecule has 0 aromatic heterocycles. The lowest BCUT2D eigenvalue weighted by molar-refractivity contribution is -0.519. The Hall–Kier alpha value is -3.20. The van der Waals surface area contributed by atoms with Crippen LogP contribution in [0.15, 0.2) is 71.8 Å². The monoisotopic (exact) mass is 384 g/mol. The van der Waals surface area contributed by atoms with Gasteiger partial charge in [0.25, 0.3) is 0 Å². The second-order valence-corrected chi connectivity index (χ2v) is 7.58. The van der Waals surface area contributed by atoms with E-state index in [0.29, 0.717) is 5.56 Å². The maximum atomic E-state index is 11.9. The minimum atomic E-state index is -0.895. The van der Waals surface area contributed by atoms with Crippen LogP contribution in [0.25, 0.3) is 5.57 Å². The van der Waals surface area contributed by atoms with Gasteiger partial charge in [-0.2, -0.15) is 0 Å². The van der Waals surface area contributed by atoms with Gasteiger partial charge in [-0.05, 0) is 72.7 Å². The first-order chi connectivity index (χ1) is 14.0. The maximum absolute atomic E-state index is 11.9. The first-order valence-electron chi connectivity index (χ1n) is 10.2. The topological polar surface area (TPSA) is 40.3 Å². The number of nitrogens with zero attached hydrogens (tertiary/aromatic N) is 1. The summed E-state index contributed by atoms with van der Waals surface area (Å²) < 4.78 is 2.34. The number of carboxylic acid groups (broad SMARTS) is 1. The van der Waals surface area contributed by atoms with Crippen LogP contribution in [0.2, 0.25) is 0 Å². The fourth-order valence-electron chi connectivity index (χ4n) is 4.40. The second-order valence-electron chi connectivity index (χ2n) is 7.58. The molecule has 29 heavy (non-hydrogen) atoms. The Morgan fingerprint density at radius 3 is 2.52 bits per heavy atom. The third kappa shape index (κ3) is 3.38. The molecule has 0 bridgehead atoms. The summed E-state index contributed by atoms with van der Waals surface area (Å²) in [6.07, 6.45) is 7.46. The zero-order valence-corrected chi connectivity index (χ0v) is 17.2. The minimum Gasteiger partial charge on any atom is -0.478 e. The van der Waals surface area contributed by atoms with Gasteiger partial charge in [0.15, 0.2) is 5.71 Å². The van der Waals surface area contributed by atoms with Gasteiger partial charge in [0, 0.05) is 12.2 Å². The normalized spacial score (nSPS) is 15.0. The maximum Gasteiger partial charge on any atom is 0.336 e. The summed E-state index contributed by atoms with van der Waals surface area (Å²) >= 11 is 0. The van der Waals surface area contributed by atoms with Gasteiger partial charge in [-0.15, -0.1) is 0 Å². The number of aromatic carboxylic acids is 1. The Balaban J connectivity index is 2.02. The van der Waals surface area contributed by atoms with Crippen molar-refractivity contribution in [2.24, 2.45) is 0 Å². The highest BCUT2D eigenvalue weighted by atomic mass is 16.4. The zero-order chi connectivity index (χ0) is 20.5. The fourth-order valence-corrected chi connectivity index (χ4v) is 4.40. The third-order valence-electron chi connectivity index (χ3n) is 5.82. The highest BCUT2D eigenvalue weighted by molar-refractivity contribution is 6.07. The molecule has 0 heterocycles. The average Bonchev–Trinajstić information content (AvgIpc) is 2.72. The number of hydrogen-bond donors (Lipinski definition) is 1. The number of aryl methyl sites for hydroxylation is 1. The quantitative estimate of drug-likeness (QED) is 0.750. The van der Waals surface area contributed by atoms with Crippen molar-refractivity contribution < 1.29 is 14.5 Å². The molecule has 2 aromatic carbocycles. The summed E-state index contributed by atoms with van der Waals surface area (Å²) in [7, 11) is 0. The lowest BCUT2D eigenvalue weighted by Gasteiger charge is -2.27. The largest absolute Gasteiger partial charge is 0.478 e. The van der Waals surface area contributed by atoms with Gasteiger partial charge in [-0.3, -0.25) is 0 Å². The first kappa shape index (κ1) is 19.1. The van der Waals surface area contributed by atoms with Crippen LogP contribution in [0, 0.1) is 6.92 Å². The van der Waals surface area contributed by atoms with Gasteiger partial charge in [-0.1, -0.05) is 42.0 Å². The van der Waals surface area contributed by atoms with E-state index in [1.165, 1.54) is 22.4 Å². The SMILES string of the molecule is CC[N+](CC)=C1C=CC2=C(c3ccccc3C(=O)O)c3ccc(C)cc3CC2=C1. The van der Waals surface area contributed by atoms with Crippen LogP contribution >= 0.6 is 0 Å². The lowest BCUT2D eigenvalue weighted by Crippen LogP contribution is -2.22. The molecule has 3 heteroatoms. The van der Waals surface area contributed by atoms with Gasteiger partial charge in [-0.25, -0.2) is 9.37 Å². The molecular formula is C26H26NO2+. The number of hydrogen-bond acceptors (Lipinski definition) is 1. The molecular weight excluding hydrogens is 358 g/mol. The average molecular weight is 384 g/mol. The fraction of sp³-hybridized carbons (Fsp3) is 0.231. The molecule has 4 rings (SSSR count). The molecule has 2 aliphatic carbocycles. The molecule has 0 aliphatic heterocycles. The molecule has 0 spiro atoms. The van der Waals surface area contributed by atoms with Crippen molar-refractivity contribution in [3.63, 3.8) is 0 Å². The molecule has 146 valence electrons. The number of rotatable bonds is 4. The van der Waals surface area contributed by atoms with Crippen molar-refractivity contribution in [1.29, 1.82) is 0 Å². The van der Waals surface area contributed by atoms with Gasteiger partial charge in [0.05, 0.1) is 5.56 Å². The van der Waals surface area contributed by atoms with E-state index >= 15 is 0 Å². The van der Waals surface area contributed by atoms with Crippen LogP contribution in [-0.4, -0.2) is 34.5 Å². The Labute approximate surface area is 172 Å². The number of carbonyl (C=O) groups is 1. The molecule has 0 radical (unpaired) electrons. The van der Waals surface area contributed by atoms with E-state index in [2.05, 4.69) is 61.8 Å². The van der Waals surface area contributed by atoms with Crippen LogP contribution in [0.3, 0.4) is 0 Å².